The summed E-state index contributed by atoms with van der Waals surface area (Å²) in [5.74, 6) is 0.736. The lowest BCUT2D eigenvalue weighted by Gasteiger charge is -2.46. The maximum atomic E-state index is 12.9. The van der Waals surface area contributed by atoms with E-state index >= 15 is 0 Å². The summed E-state index contributed by atoms with van der Waals surface area (Å²) in [5.41, 5.74) is 0. The molecule has 6 aliphatic rings. The van der Waals surface area contributed by atoms with Gasteiger partial charge in [-0.2, -0.15) is 0 Å². The molecular weight excluding hydrogens is 464 g/mol. The first-order valence-electron chi connectivity index (χ1n) is 14.1. The number of fused-ring (bicyclic) bond motifs is 4. The average molecular weight is 505 g/mol. The van der Waals surface area contributed by atoms with Crippen molar-refractivity contribution in [1.82, 2.24) is 0 Å². The van der Waals surface area contributed by atoms with Crippen molar-refractivity contribution in [3.05, 3.63) is 0 Å². The molecule has 0 spiro atoms. The molecule has 4 saturated carbocycles. The molecule has 12 unspecified atom stereocenters. The van der Waals surface area contributed by atoms with Gasteiger partial charge < -0.3 is 24.1 Å². The van der Waals surface area contributed by atoms with Crippen LogP contribution in [-0.2, 0) is 33.3 Å². The molecule has 2 aliphatic heterocycles. The monoisotopic (exact) mass is 504 g/mol. The largest absolute Gasteiger partial charge is 0.481 e. The van der Waals surface area contributed by atoms with Crippen molar-refractivity contribution in [3.8, 4) is 0 Å². The molecule has 1 N–H and O–H groups in total. The number of carbonyl (C=O) groups excluding carboxylic acids is 2. The number of rotatable bonds is 8. The van der Waals surface area contributed by atoms with Crippen molar-refractivity contribution in [3.63, 3.8) is 0 Å². The van der Waals surface area contributed by atoms with E-state index in [1.807, 2.05) is 6.92 Å². The number of hydrogen-bond donors (Lipinski definition) is 1. The predicted molar refractivity (Wildman–Crippen MR) is 126 cm³/mol. The van der Waals surface area contributed by atoms with Crippen LogP contribution in [0.4, 0.5) is 0 Å². The number of hydrogen-bond acceptors (Lipinski definition) is 7. The Hall–Kier alpha value is -1.51. The zero-order chi connectivity index (χ0) is 25.1. The molecule has 4 bridgehead atoms. The molecule has 2 heterocycles. The third kappa shape index (κ3) is 4.02. The normalized spacial score (nSPS) is 48.2. The van der Waals surface area contributed by atoms with Gasteiger partial charge in [-0.1, -0.05) is 13.8 Å². The fourth-order valence-corrected chi connectivity index (χ4v) is 9.74. The van der Waals surface area contributed by atoms with Gasteiger partial charge in [0.15, 0.2) is 6.29 Å². The Labute approximate surface area is 212 Å². The van der Waals surface area contributed by atoms with E-state index in [0.29, 0.717) is 54.6 Å². The van der Waals surface area contributed by atoms with Gasteiger partial charge in [-0.05, 0) is 85.4 Å². The summed E-state index contributed by atoms with van der Waals surface area (Å²) in [5, 5.41) is 9.76. The Morgan fingerprint density at radius 2 is 1.67 bits per heavy atom. The summed E-state index contributed by atoms with van der Waals surface area (Å²) in [6.45, 7) is 6.89. The highest BCUT2D eigenvalue weighted by atomic mass is 16.7. The third-order valence-electron chi connectivity index (χ3n) is 11.0. The highest BCUT2D eigenvalue weighted by molar-refractivity contribution is 5.96. The van der Waals surface area contributed by atoms with Crippen molar-refractivity contribution in [2.75, 3.05) is 26.4 Å². The van der Waals surface area contributed by atoms with E-state index in [4.69, 9.17) is 18.9 Å². The standard InChI is InChI=1S/C28H40O8/c1-13-18-9-16(11-20(18)26(29)30)22(13)25-19-10-15(24(25)23-14(2)27(31)36-28(23)32)8-17(19)12-33-7-4-21-34-5-3-6-35-21/h13-25H,3-12H2,1-2H3,(H,29,30). The Bertz CT molecular complexity index is 881. The van der Waals surface area contributed by atoms with Crippen molar-refractivity contribution in [2.24, 2.45) is 71.0 Å². The van der Waals surface area contributed by atoms with Gasteiger partial charge in [0.1, 0.15) is 0 Å². The second-order valence-electron chi connectivity index (χ2n) is 12.5. The number of carbonyl (C=O) groups is 3. The Morgan fingerprint density at radius 3 is 2.33 bits per heavy atom. The maximum absolute atomic E-state index is 12.9. The summed E-state index contributed by atoms with van der Waals surface area (Å²) >= 11 is 0. The van der Waals surface area contributed by atoms with Crippen LogP contribution >= 0.6 is 0 Å². The van der Waals surface area contributed by atoms with Gasteiger partial charge >= 0.3 is 17.9 Å². The van der Waals surface area contributed by atoms with E-state index in [-0.39, 0.29) is 41.9 Å². The SMILES string of the molecule is CC1C(=O)OC(=O)C1C1C2CC(COCCC3OCCCO3)C(C2)C1C1C2CC(C(=O)O)C(C2)C1C. The minimum atomic E-state index is -0.659. The summed E-state index contributed by atoms with van der Waals surface area (Å²) in [6.07, 6.45) is 5.35. The minimum absolute atomic E-state index is 0.152. The lowest BCUT2D eigenvalue weighted by Crippen LogP contribution is -2.45. The molecule has 12 atom stereocenters. The van der Waals surface area contributed by atoms with Crippen molar-refractivity contribution in [1.29, 1.82) is 0 Å². The molecule has 0 amide bonds. The summed E-state index contributed by atoms with van der Waals surface area (Å²) in [7, 11) is 0. The molecule has 8 nitrogen and oxygen atoms in total. The molecule has 2 saturated heterocycles. The number of carboxylic acid groups (broad SMARTS) is 1. The Morgan fingerprint density at radius 1 is 0.944 bits per heavy atom. The lowest BCUT2D eigenvalue weighted by molar-refractivity contribution is -0.186. The van der Waals surface area contributed by atoms with Crippen LogP contribution in [0.15, 0.2) is 0 Å². The van der Waals surface area contributed by atoms with Gasteiger partial charge in [0.25, 0.3) is 0 Å². The molecule has 36 heavy (non-hydrogen) atoms. The lowest BCUT2D eigenvalue weighted by atomic mass is 9.57. The van der Waals surface area contributed by atoms with E-state index < -0.39 is 11.9 Å². The smallest absolute Gasteiger partial charge is 0.317 e. The topological polar surface area (TPSA) is 108 Å². The van der Waals surface area contributed by atoms with Crippen LogP contribution in [0.5, 0.6) is 0 Å². The number of aliphatic carboxylic acids is 1. The molecular formula is C28H40O8. The van der Waals surface area contributed by atoms with E-state index in [0.717, 1.165) is 51.7 Å². The first-order valence-corrected chi connectivity index (χ1v) is 14.1. The van der Waals surface area contributed by atoms with Crippen molar-refractivity contribution in [2.45, 2.75) is 58.7 Å². The number of cyclic esters (lactones) is 2. The molecule has 0 aromatic heterocycles. The molecule has 0 aromatic rings. The minimum Gasteiger partial charge on any atom is -0.481 e. The van der Waals surface area contributed by atoms with E-state index in [1.165, 1.54) is 0 Å². The third-order valence-corrected chi connectivity index (χ3v) is 11.0. The van der Waals surface area contributed by atoms with Gasteiger partial charge in [0.2, 0.25) is 0 Å². The average Bonchev–Trinajstić information content (AvgIpc) is 3.65. The fourth-order valence-electron chi connectivity index (χ4n) is 9.74. The number of ether oxygens (including phenoxy) is 4. The van der Waals surface area contributed by atoms with Crippen LogP contribution in [-0.4, -0.2) is 55.7 Å². The number of esters is 2. The summed E-state index contributed by atoms with van der Waals surface area (Å²) < 4.78 is 22.5. The van der Waals surface area contributed by atoms with Gasteiger partial charge in [-0.25, -0.2) is 0 Å². The first-order chi connectivity index (χ1) is 17.3. The van der Waals surface area contributed by atoms with Crippen molar-refractivity contribution >= 4 is 17.9 Å². The van der Waals surface area contributed by atoms with Crippen LogP contribution < -0.4 is 0 Å². The maximum Gasteiger partial charge on any atom is 0.317 e. The molecule has 6 fully saturated rings. The van der Waals surface area contributed by atoms with Crippen LogP contribution in [0.25, 0.3) is 0 Å². The summed E-state index contributed by atoms with van der Waals surface area (Å²) in [6, 6.07) is 0. The van der Waals surface area contributed by atoms with Gasteiger partial charge in [0, 0.05) is 13.0 Å². The molecule has 0 aromatic carbocycles. The molecule has 8 heteroatoms. The second-order valence-corrected chi connectivity index (χ2v) is 12.5. The first kappa shape index (κ1) is 24.8. The molecule has 4 aliphatic carbocycles. The zero-order valence-electron chi connectivity index (χ0n) is 21.4. The Balaban J connectivity index is 1.18. The molecule has 200 valence electrons. The predicted octanol–water partition coefficient (Wildman–Crippen LogP) is 3.37. The molecule has 6 rings (SSSR count). The van der Waals surface area contributed by atoms with Crippen LogP contribution in [0.1, 0.15) is 52.4 Å². The zero-order valence-corrected chi connectivity index (χ0v) is 21.4. The molecule has 0 radical (unpaired) electrons. The summed E-state index contributed by atoms with van der Waals surface area (Å²) in [4.78, 5) is 37.1. The highest BCUT2D eigenvalue weighted by Crippen LogP contribution is 2.68. The van der Waals surface area contributed by atoms with Crippen LogP contribution in [0.3, 0.4) is 0 Å². The highest BCUT2D eigenvalue weighted by Gasteiger charge is 2.65. The van der Waals surface area contributed by atoms with E-state index in [1.54, 1.807) is 0 Å². The fraction of sp³-hybridized carbons (Fsp3) is 0.893. The van der Waals surface area contributed by atoms with Gasteiger partial charge in [-0.15, -0.1) is 0 Å². The van der Waals surface area contributed by atoms with E-state index in [2.05, 4.69) is 6.92 Å². The van der Waals surface area contributed by atoms with Crippen molar-refractivity contribution < 1.29 is 38.4 Å². The van der Waals surface area contributed by atoms with Gasteiger partial charge in [0.05, 0.1) is 37.6 Å². The van der Waals surface area contributed by atoms with Crippen LogP contribution in [0.2, 0.25) is 0 Å². The second kappa shape index (κ2) is 9.66. The van der Waals surface area contributed by atoms with E-state index in [9.17, 15) is 19.5 Å². The quantitative estimate of drug-likeness (QED) is 0.305. The Kier molecular flexibility index (Phi) is 6.66. The van der Waals surface area contributed by atoms with Gasteiger partial charge in [-0.3, -0.25) is 14.4 Å². The number of carboxylic acids is 1. The van der Waals surface area contributed by atoms with Crippen LogP contribution in [0, 0.1) is 71.0 Å².